The number of rotatable bonds is 4. The number of hydrogen-bond donors (Lipinski definition) is 0. The number of nitrogens with zero attached hydrogens (tertiary/aromatic N) is 1. The molecule has 0 aromatic heterocycles. The molecular weight excluding hydrogens is 286 g/mol. The topological polar surface area (TPSA) is 37.4 Å². The standard InChI is InChI=1S/C20H19NO2/c1-15(22)17-7-9-18(10-8-17)20-13-19(23)11-12-21(20)14-16-5-3-2-4-6-16/h2-10,13H,11-12,14H2,1H3. The highest BCUT2D eigenvalue weighted by Crippen LogP contribution is 2.26. The van der Waals surface area contributed by atoms with Crippen LogP contribution in [0.3, 0.4) is 0 Å². The molecule has 0 fully saturated rings. The molecule has 3 heteroatoms. The van der Waals surface area contributed by atoms with Crippen molar-refractivity contribution >= 4 is 17.3 Å². The number of carbonyl (C=O) groups excluding carboxylic acids is 2. The fourth-order valence-electron chi connectivity index (χ4n) is 2.79. The van der Waals surface area contributed by atoms with Crippen LogP contribution in [0.25, 0.3) is 5.70 Å². The van der Waals surface area contributed by atoms with E-state index < -0.39 is 0 Å². The van der Waals surface area contributed by atoms with Gasteiger partial charge >= 0.3 is 0 Å². The van der Waals surface area contributed by atoms with E-state index in [2.05, 4.69) is 17.0 Å². The van der Waals surface area contributed by atoms with Crippen LogP contribution < -0.4 is 0 Å². The predicted octanol–water partition coefficient (Wildman–Crippen LogP) is 3.71. The minimum atomic E-state index is 0.0476. The maximum absolute atomic E-state index is 11.9. The summed E-state index contributed by atoms with van der Waals surface area (Å²) in [4.78, 5) is 25.5. The maximum Gasteiger partial charge on any atom is 0.159 e. The molecule has 0 atom stereocenters. The maximum atomic E-state index is 11.9. The van der Waals surface area contributed by atoms with E-state index in [1.165, 1.54) is 5.56 Å². The summed E-state index contributed by atoms with van der Waals surface area (Å²) in [5.74, 6) is 0.200. The first-order valence-corrected chi connectivity index (χ1v) is 7.78. The minimum Gasteiger partial charge on any atom is -0.366 e. The van der Waals surface area contributed by atoms with Crippen molar-refractivity contribution in [3.8, 4) is 0 Å². The Kier molecular flexibility index (Phi) is 4.38. The molecule has 116 valence electrons. The van der Waals surface area contributed by atoms with E-state index in [0.717, 1.165) is 17.8 Å². The molecule has 1 heterocycles. The van der Waals surface area contributed by atoms with Crippen LogP contribution in [-0.4, -0.2) is 23.0 Å². The van der Waals surface area contributed by atoms with Crippen molar-refractivity contribution in [1.29, 1.82) is 0 Å². The number of carbonyl (C=O) groups is 2. The fraction of sp³-hybridized carbons (Fsp3) is 0.200. The first kappa shape index (κ1) is 15.2. The van der Waals surface area contributed by atoms with E-state index in [0.29, 0.717) is 18.5 Å². The summed E-state index contributed by atoms with van der Waals surface area (Å²) in [7, 11) is 0. The van der Waals surface area contributed by atoms with E-state index in [1.54, 1.807) is 13.0 Å². The normalized spacial score (nSPS) is 14.6. The quantitative estimate of drug-likeness (QED) is 0.808. The van der Waals surface area contributed by atoms with E-state index >= 15 is 0 Å². The monoisotopic (exact) mass is 305 g/mol. The summed E-state index contributed by atoms with van der Waals surface area (Å²) < 4.78 is 0. The molecule has 23 heavy (non-hydrogen) atoms. The summed E-state index contributed by atoms with van der Waals surface area (Å²) in [6, 6.07) is 17.7. The molecule has 0 N–H and O–H groups in total. The number of ketones is 2. The number of Topliss-reactive ketones (excluding diaryl/α,β-unsaturated/α-hetero) is 1. The lowest BCUT2D eigenvalue weighted by Gasteiger charge is -2.30. The Hall–Kier alpha value is -2.68. The number of benzene rings is 2. The third kappa shape index (κ3) is 3.57. The highest BCUT2D eigenvalue weighted by molar-refractivity contribution is 5.98. The van der Waals surface area contributed by atoms with Gasteiger partial charge in [0.2, 0.25) is 0 Å². The Balaban J connectivity index is 1.89. The van der Waals surface area contributed by atoms with E-state index in [9.17, 15) is 9.59 Å². The lowest BCUT2D eigenvalue weighted by molar-refractivity contribution is -0.115. The summed E-state index contributed by atoms with van der Waals surface area (Å²) in [5, 5.41) is 0. The van der Waals surface area contributed by atoms with Crippen molar-refractivity contribution in [2.75, 3.05) is 6.54 Å². The van der Waals surface area contributed by atoms with Gasteiger partial charge in [-0.05, 0) is 18.1 Å². The molecule has 3 rings (SSSR count). The highest BCUT2D eigenvalue weighted by Gasteiger charge is 2.19. The van der Waals surface area contributed by atoms with Gasteiger partial charge in [-0.1, -0.05) is 54.6 Å². The third-order valence-corrected chi connectivity index (χ3v) is 4.07. The average molecular weight is 305 g/mol. The Labute approximate surface area is 136 Å². The summed E-state index contributed by atoms with van der Waals surface area (Å²) in [5.41, 5.74) is 3.80. The number of allylic oxidation sites excluding steroid dienone is 1. The van der Waals surface area contributed by atoms with Crippen LogP contribution in [0.5, 0.6) is 0 Å². The summed E-state index contributed by atoms with van der Waals surface area (Å²) in [6.07, 6.45) is 2.26. The Morgan fingerprint density at radius 2 is 1.74 bits per heavy atom. The zero-order chi connectivity index (χ0) is 16.2. The second-order valence-corrected chi connectivity index (χ2v) is 5.79. The average Bonchev–Trinajstić information content (AvgIpc) is 2.57. The molecule has 1 aliphatic rings. The number of hydrogen-bond acceptors (Lipinski definition) is 3. The summed E-state index contributed by atoms with van der Waals surface area (Å²) in [6.45, 7) is 3.04. The fourth-order valence-corrected chi connectivity index (χ4v) is 2.79. The molecule has 0 amide bonds. The van der Waals surface area contributed by atoms with Gasteiger partial charge < -0.3 is 4.90 Å². The molecule has 0 spiro atoms. The smallest absolute Gasteiger partial charge is 0.159 e. The molecule has 0 bridgehead atoms. The van der Waals surface area contributed by atoms with Crippen molar-refractivity contribution < 1.29 is 9.59 Å². The van der Waals surface area contributed by atoms with Gasteiger partial charge in [-0.15, -0.1) is 0 Å². The zero-order valence-corrected chi connectivity index (χ0v) is 13.2. The molecule has 2 aromatic rings. The zero-order valence-electron chi connectivity index (χ0n) is 13.2. The van der Waals surface area contributed by atoms with Gasteiger partial charge in [0.15, 0.2) is 11.6 Å². The first-order chi connectivity index (χ1) is 11.1. The van der Waals surface area contributed by atoms with Crippen LogP contribution in [0.1, 0.15) is 34.8 Å². The first-order valence-electron chi connectivity index (χ1n) is 7.78. The second-order valence-electron chi connectivity index (χ2n) is 5.79. The van der Waals surface area contributed by atoms with Crippen molar-refractivity contribution in [3.05, 3.63) is 77.4 Å². The highest BCUT2D eigenvalue weighted by atomic mass is 16.1. The molecule has 0 saturated heterocycles. The Morgan fingerprint density at radius 1 is 1.04 bits per heavy atom. The molecule has 0 radical (unpaired) electrons. The lowest BCUT2D eigenvalue weighted by Crippen LogP contribution is -2.28. The van der Waals surface area contributed by atoms with E-state index in [1.807, 2.05) is 42.5 Å². The molecule has 0 unspecified atom stereocenters. The van der Waals surface area contributed by atoms with Gasteiger partial charge in [-0.3, -0.25) is 9.59 Å². The van der Waals surface area contributed by atoms with Crippen molar-refractivity contribution in [3.63, 3.8) is 0 Å². The predicted molar refractivity (Wildman–Crippen MR) is 90.9 cm³/mol. The third-order valence-electron chi connectivity index (χ3n) is 4.07. The van der Waals surface area contributed by atoms with Gasteiger partial charge in [0, 0.05) is 36.8 Å². The van der Waals surface area contributed by atoms with Gasteiger partial charge in [-0.2, -0.15) is 0 Å². The van der Waals surface area contributed by atoms with E-state index in [-0.39, 0.29) is 11.6 Å². The Bertz CT molecular complexity index is 745. The molecule has 0 saturated carbocycles. The SMILES string of the molecule is CC(=O)c1ccc(C2=CC(=O)CCN2Cc2ccccc2)cc1. The van der Waals surface area contributed by atoms with E-state index in [4.69, 9.17) is 0 Å². The van der Waals surface area contributed by atoms with Crippen LogP contribution in [0.15, 0.2) is 60.7 Å². The lowest BCUT2D eigenvalue weighted by atomic mass is 10.0. The minimum absolute atomic E-state index is 0.0476. The molecular formula is C20H19NO2. The van der Waals surface area contributed by atoms with Crippen molar-refractivity contribution in [2.45, 2.75) is 19.9 Å². The van der Waals surface area contributed by atoms with Crippen LogP contribution in [0.4, 0.5) is 0 Å². The van der Waals surface area contributed by atoms with Gasteiger partial charge in [0.1, 0.15) is 0 Å². The summed E-state index contributed by atoms with van der Waals surface area (Å²) >= 11 is 0. The largest absolute Gasteiger partial charge is 0.366 e. The van der Waals surface area contributed by atoms with Crippen LogP contribution in [0, 0.1) is 0 Å². The van der Waals surface area contributed by atoms with Gasteiger partial charge in [0.05, 0.1) is 0 Å². The van der Waals surface area contributed by atoms with Gasteiger partial charge in [-0.25, -0.2) is 0 Å². The Morgan fingerprint density at radius 3 is 2.39 bits per heavy atom. The van der Waals surface area contributed by atoms with Crippen LogP contribution >= 0.6 is 0 Å². The molecule has 2 aromatic carbocycles. The van der Waals surface area contributed by atoms with Gasteiger partial charge in [0.25, 0.3) is 0 Å². The van der Waals surface area contributed by atoms with Crippen LogP contribution in [-0.2, 0) is 11.3 Å². The van der Waals surface area contributed by atoms with Crippen molar-refractivity contribution in [1.82, 2.24) is 4.90 Å². The van der Waals surface area contributed by atoms with Crippen LogP contribution in [0.2, 0.25) is 0 Å². The van der Waals surface area contributed by atoms with Crippen molar-refractivity contribution in [2.24, 2.45) is 0 Å². The second kappa shape index (κ2) is 6.61. The molecule has 1 aliphatic heterocycles. The molecule has 0 aliphatic carbocycles. The molecule has 3 nitrogen and oxygen atoms in total.